The third-order valence-corrected chi connectivity index (χ3v) is 3.83. The van der Waals surface area contributed by atoms with E-state index >= 15 is 0 Å². The number of thioether (sulfide) groups is 1. The summed E-state index contributed by atoms with van der Waals surface area (Å²) in [5, 5.41) is 18.6. The fourth-order valence-corrected chi connectivity index (χ4v) is 2.48. The van der Waals surface area contributed by atoms with Crippen LogP contribution in [0, 0.1) is 0 Å². The van der Waals surface area contributed by atoms with E-state index in [-0.39, 0.29) is 6.61 Å². The van der Waals surface area contributed by atoms with Crippen molar-refractivity contribution in [2.45, 2.75) is 11.6 Å². The highest BCUT2D eigenvalue weighted by Crippen LogP contribution is 2.23. The monoisotopic (exact) mass is 283 g/mol. The molecule has 6 heteroatoms. The van der Waals surface area contributed by atoms with Crippen LogP contribution in [0.2, 0.25) is 5.02 Å². The Morgan fingerprint density at radius 1 is 1.28 bits per heavy atom. The molecular weight excluding hydrogens is 270 g/mol. The predicted molar refractivity (Wildman–Crippen MR) is 73.9 cm³/mol. The molecule has 4 nitrogen and oxygen atoms in total. The van der Waals surface area contributed by atoms with E-state index in [0.29, 0.717) is 5.02 Å². The van der Waals surface area contributed by atoms with E-state index < -0.39 is 0 Å². The van der Waals surface area contributed by atoms with Gasteiger partial charge in [-0.15, -0.1) is 10.2 Å². The highest BCUT2D eigenvalue weighted by molar-refractivity contribution is 7.99. The van der Waals surface area contributed by atoms with E-state index in [1.54, 1.807) is 11.8 Å². The van der Waals surface area contributed by atoms with Crippen LogP contribution >= 0.6 is 23.4 Å². The van der Waals surface area contributed by atoms with Crippen LogP contribution in [0.25, 0.3) is 11.4 Å². The molecule has 0 aliphatic heterocycles. The second-order valence-electron chi connectivity index (χ2n) is 3.80. The lowest BCUT2D eigenvalue weighted by Gasteiger charge is -2.03. The van der Waals surface area contributed by atoms with Crippen LogP contribution < -0.4 is 0 Å². The summed E-state index contributed by atoms with van der Waals surface area (Å²) in [5.41, 5.74) is 0.989. The number of rotatable bonds is 5. The zero-order chi connectivity index (χ0) is 13.0. The smallest absolute Gasteiger partial charge is 0.191 e. The first-order chi connectivity index (χ1) is 8.72. The van der Waals surface area contributed by atoms with E-state index in [0.717, 1.165) is 28.7 Å². The van der Waals surface area contributed by atoms with Crippen molar-refractivity contribution in [3.63, 3.8) is 0 Å². The molecule has 18 heavy (non-hydrogen) atoms. The molecule has 0 unspecified atom stereocenters. The Morgan fingerprint density at radius 2 is 2.00 bits per heavy atom. The minimum Gasteiger partial charge on any atom is -0.396 e. The molecular formula is C12H14ClN3OS. The number of aliphatic hydroxyl groups excluding tert-OH is 1. The first-order valence-corrected chi connectivity index (χ1v) is 6.97. The number of benzene rings is 1. The highest BCUT2D eigenvalue weighted by Gasteiger charge is 2.10. The van der Waals surface area contributed by atoms with Crippen molar-refractivity contribution in [3.8, 4) is 11.4 Å². The van der Waals surface area contributed by atoms with Crippen molar-refractivity contribution >= 4 is 23.4 Å². The molecule has 2 aromatic rings. The number of hydrogen-bond acceptors (Lipinski definition) is 4. The lowest BCUT2D eigenvalue weighted by atomic mass is 10.2. The fraction of sp³-hybridized carbons (Fsp3) is 0.333. The molecule has 1 N–H and O–H groups in total. The summed E-state index contributed by atoms with van der Waals surface area (Å²) in [6, 6.07) is 7.53. The van der Waals surface area contributed by atoms with Gasteiger partial charge in [0.2, 0.25) is 0 Å². The molecule has 0 spiro atoms. The summed E-state index contributed by atoms with van der Waals surface area (Å²) >= 11 is 7.45. The predicted octanol–water partition coefficient (Wildman–Crippen LogP) is 2.61. The highest BCUT2D eigenvalue weighted by atomic mass is 35.5. The summed E-state index contributed by atoms with van der Waals surface area (Å²) in [6.07, 6.45) is 0.758. The first kappa shape index (κ1) is 13.4. The minimum absolute atomic E-state index is 0.203. The second-order valence-corrected chi connectivity index (χ2v) is 5.30. The summed E-state index contributed by atoms with van der Waals surface area (Å²) in [4.78, 5) is 0. The largest absolute Gasteiger partial charge is 0.396 e. The zero-order valence-corrected chi connectivity index (χ0v) is 11.6. The van der Waals surface area contributed by atoms with Crippen LogP contribution in [0.4, 0.5) is 0 Å². The molecule has 1 heterocycles. The number of nitrogens with zero attached hydrogens (tertiary/aromatic N) is 3. The molecule has 0 saturated heterocycles. The third-order valence-electron chi connectivity index (χ3n) is 2.47. The lowest BCUT2D eigenvalue weighted by molar-refractivity contribution is 0.296. The van der Waals surface area contributed by atoms with E-state index in [4.69, 9.17) is 16.7 Å². The van der Waals surface area contributed by atoms with Gasteiger partial charge in [-0.2, -0.15) is 0 Å². The van der Waals surface area contributed by atoms with Gasteiger partial charge in [-0.1, -0.05) is 23.4 Å². The van der Waals surface area contributed by atoms with Gasteiger partial charge < -0.3 is 9.67 Å². The Bertz CT molecular complexity index is 513. The normalized spacial score (nSPS) is 10.8. The summed E-state index contributed by atoms with van der Waals surface area (Å²) in [6.45, 7) is 0.203. The maximum Gasteiger partial charge on any atom is 0.191 e. The van der Waals surface area contributed by atoms with Crippen molar-refractivity contribution < 1.29 is 5.11 Å². The first-order valence-electron chi connectivity index (χ1n) is 5.61. The molecule has 96 valence electrons. The number of halogens is 1. The van der Waals surface area contributed by atoms with Gasteiger partial charge in [0.15, 0.2) is 11.0 Å². The second kappa shape index (κ2) is 6.22. The fourth-order valence-electron chi connectivity index (χ4n) is 1.52. The van der Waals surface area contributed by atoms with Gasteiger partial charge in [0.05, 0.1) is 0 Å². The molecule has 0 radical (unpaired) electrons. The molecule has 0 aliphatic carbocycles. The third kappa shape index (κ3) is 3.04. The molecule has 0 saturated carbocycles. The number of aliphatic hydroxyl groups is 1. The van der Waals surface area contributed by atoms with E-state index in [1.165, 1.54) is 0 Å². The molecule has 0 fully saturated rings. The number of aromatic nitrogens is 3. The Labute approximate surface area is 115 Å². The molecule has 1 aromatic carbocycles. The maximum absolute atomic E-state index is 8.75. The van der Waals surface area contributed by atoms with Gasteiger partial charge in [-0.05, 0) is 30.7 Å². The van der Waals surface area contributed by atoms with Gasteiger partial charge in [0.1, 0.15) is 0 Å². The molecule has 1 aromatic heterocycles. The molecule has 0 bridgehead atoms. The van der Waals surface area contributed by atoms with E-state index in [2.05, 4.69) is 10.2 Å². The van der Waals surface area contributed by atoms with Gasteiger partial charge >= 0.3 is 0 Å². The Kier molecular flexibility index (Phi) is 4.63. The topological polar surface area (TPSA) is 50.9 Å². The van der Waals surface area contributed by atoms with E-state index in [9.17, 15) is 0 Å². The Balaban J connectivity index is 2.17. The van der Waals surface area contributed by atoms with Crippen LogP contribution in [-0.4, -0.2) is 32.2 Å². The molecule has 0 amide bonds. The summed E-state index contributed by atoms with van der Waals surface area (Å²) in [7, 11) is 1.94. The standard InChI is InChI=1S/C12H14ClN3OS/c1-16-11(9-3-5-10(13)6-4-9)14-15-12(16)18-8-2-7-17/h3-6,17H,2,7-8H2,1H3. The minimum atomic E-state index is 0.203. The van der Waals surface area contributed by atoms with Crippen molar-refractivity contribution in [2.75, 3.05) is 12.4 Å². The van der Waals surface area contributed by atoms with Crippen LogP contribution in [-0.2, 0) is 7.05 Å². The zero-order valence-electron chi connectivity index (χ0n) is 10.0. The van der Waals surface area contributed by atoms with Crippen LogP contribution in [0.15, 0.2) is 29.4 Å². The average molecular weight is 284 g/mol. The molecule has 0 aliphatic rings. The molecule has 0 atom stereocenters. The van der Waals surface area contributed by atoms with Crippen molar-refractivity contribution in [2.24, 2.45) is 7.05 Å². The Morgan fingerprint density at radius 3 is 2.67 bits per heavy atom. The van der Waals surface area contributed by atoms with Crippen LogP contribution in [0.3, 0.4) is 0 Å². The van der Waals surface area contributed by atoms with Gasteiger partial charge in [-0.25, -0.2) is 0 Å². The number of hydrogen-bond donors (Lipinski definition) is 1. The lowest BCUT2D eigenvalue weighted by Crippen LogP contribution is -1.95. The average Bonchev–Trinajstić information content (AvgIpc) is 2.73. The van der Waals surface area contributed by atoms with Gasteiger partial charge in [-0.3, -0.25) is 0 Å². The van der Waals surface area contributed by atoms with Crippen molar-refractivity contribution in [1.82, 2.24) is 14.8 Å². The molecule has 2 rings (SSSR count). The SMILES string of the molecule is Cn1c(SCCCO)nnc1-c1ccc(Cl)cc1. The maximum atomic E-state index is 8.75. The quantitative estimate of drug-likeness (QED) is 0.677. The van der Waals surface area contributed by atoms with Crippen molar-refractivity contribution in [3.05, 3.63) is 29.3 Å². The van der Waals surface area contributed by atoms with Crippen LogP contribution in [0.1, 0.15) is 6.42 Å². The van der Waals surface area contributed by atoms with Crippen molar-refractivity contribution in [1.29, 1.82) is 0 Å². The summed E-state index contributed by atoms with van der Waals surface area (Å²) in [5.74, 6) is 1.65. The van der Waals surface area contributed by atoms with E-state index in [1.807, 2.05) is 35.9 Å². The summed E-state index contributed by atoms with van der Waals surface area (Å²) < 4.78 is 1.95. The Hall–Kier alpha value is -1.04. The van der Waals surface area contributed by atoms with Gasteiger partial charge in [0.25, 0.3) is 0 Å². The van der Waals surface area contributed by atoms with Gasteiger partial charge in [0, 0.05) is 30.0 Å². The van der Waals surface area contributed by atoms with Crippen LogP contribution in [0.5, 0.6) is 0 Å².